The van der Waals surface area contributed by atoms with Crippen LogP contribution in [0.25, 0.3) is 0 Å². The molecule has 0 aromatic carbocycles. The van der Waals surface area contributed by atoms with Crippen LogP contribution in [0.2, 0.25) is 0 Å². The molecule has 9 nitrogen and oxygen atoms in total. The maximum atomic E-state index is 12.3. The molecule has 0 heterocycles. The highest BCUT2D eigenvalue weighted by atomic mass is 31.2. The van der Waals surface area contributed by atoms with E-state index in [1.165, 1.54) is 70.6 Å². The van der Waals surface area contributed by atoms with Gasteiger partial charge in [0.15, 0.2) is 6.10 Å². The smallest absolute Gasteiger partial charge is 0.462 e. The molecule has 0 aliphatic carbocycles. The first-order chi connectivity index (χ1) is 24.2. The van der Waals surface area contributed by atoms with Gasteiger partial charge in [-0.15, -0.1) is 0 Å². The van der Waals surface area contributed by atoms with E-state index in [0.29, 0.717) is 19.3 Å². The van der Waals surface area contributed by atoms with E-state index in [1.54, 1.807) is 0 Å². The Morgan fingerprint density at radius 1 is 0.600 bits per heavy atom. The maximum Gasteiger partial charge on any atom is 0.469 e. The summed E-state index contributed by atoms with van der Waals surface area (Å²) in [5.41, 5.74) is 0. The summed E-state index contributed by atoms with van der Waals surface area (Å²) in [6.45, 7) is 3.48. The average molecular weight is 727 g/mol. The number of unbranched alkanes of at least 4 members (excludes halogenated alkanes) is 15. The van der Waals surface area contributed by atoms with E-state index in [-0.39, 0.29) is 25.6 Å². The van der Waals surface area contributed by atoms with E-state index in [2.05, 4.69) is 42.7 Å². The lowest BCUT2D eigenvalue weighted by atomic mass is 10.0. The Hall–Kier alpha value is -2.03. The minimum absolute atomic E-state index is 0.120. The van der Waals surface area contributed by atoms with E-state index >= 15 is 0 Å². The van der Waals surface area contributed by atoms with Crippen molar-refractivity contribution < 1.29 is 43.0 Å². The second kappa shape index (κ2) is 35.4. The Morgan fingerprint density at radius 3 is 1.62 bits per heavy atom. The number of ether oxygens (including phenoxy) is 2. The fourth-order valence-electron chi connectivity index (χ4n) is 5.21. The number of allylic oxidation sites excluding steroid dienone is 7. The van der Waals surface area contributed by atoms with Gasteiger partial charge < -0.3 is 24.4 Å². The zero-order valence-electron chi connectivity index (χ0n) is 31.4. The molecule has 0 aromatic rings. The quantitative estimate of drug-likeness (QED) is 0.0252. The van der Waals surface area contributed by atoms with Crippen molar-refractivity contribution in [2.45, 2.75) is 180 Å². The van der Waals surface area contributed by atoms with Gasteiger partial charge in [0.1, 0.15) is 6.61 Å². The van der Waals surface area contributed by atoms with Crippen LogP contribution in [0.4, 0.5) is 0 Å². The number of hydrogen-bond acceptors (Lipinski definition) is 7. The van der Waals surface area contributed by atoms with Crippen molar-refractivity contribution in [1.82, 2.24) is 0 Å². The first-order valence-electron chi connectivity index (χ1n) is 19.5. The summed E-state index contributed by atoms with van der Waals surface area (Å²) in [6, 6.07) is 0. The van der Waals surface area contributed by atoms with E-state index in [1.807, 2.05) is 24.3 Å². The molecule has 0 aliphatic heterocycles. The number of carbonyl (C=O) groups excluding carboxylic acids is 2. The van der Waals surface area contributed by atoms with Crippen molar-refractivity contribution in [1.29, 1.82) is 0 Å². The fraction of sp³-hybridized carbons (Fsp3) is 0.750. The molecule has 50 heavy (non-hydrogen) atoms. The molecule has 10 heteroatoms. The highest BCUT2D eigenvalue weighted by Gasteiger charge is 2.22. The van der Waals surface area contributed by atoms with Gasteiger partial charge in [-0.3, -0.25) is 14.1 Å². The summed E-state index contributed by atoms with van der Waals surface area (Å²) in [5, 5.41) is 9.78. The molecule has 0 aliphatic rings. The summed E-state index contributed by atoms with van der Waals surface area (Å²) >= 11 is 0. The molecule has 290 valence electrons. The molecule has 0 aromatic heterocycles. The van der Waals surface area contributed by atoms with Crippen LogP contribution < -0.4 is 0 Å². The lowest BCUT2D eigenvalue weighted by Gasteiger charge is -2.18. The van der Waals surface area contributed by atoms with Crippen molar-refractivity contribution in [3.05, 3.63) is 48.6 Å². The largest absolute Gasteiger partial charge is 0.469 e. The molecule has 0 spiro atoms. The monoisotopic (exact) mass is 726 g/mol. The minimum Gasteiger partial charge on any atom is -0.462 e. The van der Waals surface area contributed by atoms with Crippen LogP contribution in [0, 0.1) is 0 Å². The number of rotatable bonds is 35. The highest BCUT2D eigenvalue weighted by molar-refractivity contribution is 7.46. The lowest BCUT2D eigenvalue weighted by molar-refractivity contribution is -0.161. The zero-order valence-corrected chi connectivity index (χ0v) is 32.3. The molecule has 0 saturated carbocycles. The van der Waals surface area contributed by atoms with Gasteiger partial charge in [0.2, 0.25) is 0 Å². The van der Waals surface area contributed by atoms with Crippen molar-refractivity contribution >= 4 is 19.8 Å². The Morgan fingerprint density at radius 2 is 1.08 bits per heavy atom. The third kappa shape index (κ3) is 37.2. The van der Waals surface area contributed by atoms with Gasteiger partial charge in [0.25, 0.3) is 0 Å². The minimum atomic E-state index is -4.77. The second-order valence-electron chi connectivity index (χ2n) is 13.1. The zero-order chi connectivity index (χ0) is 37.0. The summed E-state index contributed by atoms with van der Waals surface area (Å²) in [6.07, 6.45) is 38.9. The van der Waals surface area contributed by atoms with Gasteiger partial charge in [-0.2, -0.15) is 0 Å². The number of phosphoric ester groups is 1. The maximum absolute atomic E-state index is 12.3. The van der Waals surface area contributed by atoms with Gasteiger partial charge in [0, 0.05) is 12.8 Å². The molecule has 0 saturated heterocycles. The van der Waals surface area contributed by atoms with Crippen LogP contribution in [-0.4, -0.2) is 52.3 Å². The van der Waals surface area contributed by atoms with Crippen LogP contribution in [-0.2, 0) is 28.2 Å². The SMILES string of the molecule is CCCCCCCCCCCCCCCCC(=O)OC[C@H](COP(=O)(O)O)OC(=O)CCC/C=C\C/C=C\C/C=C\C/C=C\[C@H](O)CCCC. The van der Waals surface area contributed by atoms with Crippen molar-refractivity contribution in [2.24, 2.45) is 0 Å². The molecular formula is C40H71O9P. The van der Waals surface area contributed by atoms with Gasteiger partial charge in [-0.25, -0.2) is 4.57 Å². The predicted octanol–water partition coefficient (Wildman–Crippen LogP) is 10.5. The number of hydrogen-bond donors (Lipinski definition) is 3. The van der Waals surface area contributed by atoms with Crippen LogP contribution in [0.15, 0.2) is 48.6 Å². The summed E-state index contributed by atoms with van der Waals surface area (Å²) in [5.74, 6) is -0.972. The predicted molar refractivity (Wildman–Crippen MR) is 204 cm³/mol. The Labute approximate surface area is 304 Å². The fourth-order valence-corrected chi connectivity index (χ4v) is 5.57. The molecule has 0 fully saturated rings. The van der Waals surface area contributed by atoms with Crippen LogP contribution in [0.1, 0.15) is 168 Å². The first kappa shape index (κ1) is 48.0. The molecule has 2 atom stereocenters. The van der Waals surface area contributed by atoms with E-state index < -0.39 is 32.5 Å². The van der Waals surface area contributed by atoms with Crippen molar-refractivity contribution in [3.8, 4) is 0 Å². The molecule has 0 amide bonds. The van der Waals surface area contributed by atoms with E-state index in [4.69, 9.17) is 19.3 Å². The van der Waals surface area contributed by atoms with E-state index in [9.17, 15) is 19.3 Å². The summed E-state index contributed by atoms with van der Waals surface area (Å²) < 4.78 is 26.2. The van der Waals surface area contributed by atoms with Gasteiger partial charge >= 0.3 is 19.8 Å². The Bertz CT molecular complexity index is 970. The molecule has 0 unspecified atom stereocenters. The Balaban J connectivity index is 4.09. The number of phosphoric acid groups is 1. The molecule has 0 bridgehead atoms. The van der Waals surface area contributed by atoms with Crippen LogP contribution in [0.5, 0.6) is 0 Å². The topological polar surface area (TPSA) is 140 Å². The third-order valence-electron chi connectivity index (χ3n) is 8.17. The van der Waals surface area contributed by atoms with E-state index in [0.717, 1.165) is 51.4 Å². The normalized spacial score (nSPS) is 13.6. The summed E-state index contributed by atoms with van der Waals surface area (Å²) in [4.78, 5) is 42.7. The lowest BCUT2D eigenvalue weighted by Crippen LogP contribution is -2.29. The first-order valence-corrected chi connectivity index (χ1v) is 21.1. The van der Waals surface area contributed by atoms with Crippen molar-refractivity contribution in [3.63, 3.8) is 0 Å². The highest BCUT2D eigenvalue weighted by Crippen LogP contribution is 2.36. The van der Waals surface area contributed by atoms with Gasteiger partial charge in [-0.05, 0) is 44.9 Å². The van der Waals surface area contributed by atoms with Crippen LogP contribution in [0.3, 0.4) is 0 Å². The van der Waals surface area contributed by atoms with Gasteiger partial charge in [0.05, 0.1) is 12.7 Å². The number of carbonyl (C=O) groups is 2. The Kier molecular flexibility index (Phi) is 33.9. The number of aliphatic hydroxyl groups is 1. The third-order valence-corrected chi connectivity index (χ3v) is 8.66. The standard InChI is InChI=1S/C40H71O9P/c1-3-5-7-8-9-10-11-12-13-17-20-23-26-29-33-39(42)47-35-38(36-48-50(44,45)46)49-40(43)34-30-27-24-21-18-15-14-16-19-22-25-28-32-37(41)31-6-4-2/h14-15,19,21-22,24,28,32,37-38,41H,3-13,16-18,20,23,25-27,29-31,33-36H2,1-2H3,(H2,44,45,46)/b15-14-,22-19-,24-21-,32-28-/t37-,38-/m1/s1. The second-order valence-corrected chi connectivity index (χ2v) is 14.3. The number of esters is 2. The molecule has 3 N–H and O–H groups in total. The van der Waals surface area contributed by atoms with Crippen molar-refractivity contribution in [2.75, 3.05) is 13.2 Å². The average Bonchev–Trinajstić information content (AvgIpc) is 3.08. The van der Waals surface area contributed by atoms with Gasteiger partial charge in [-0.1, -0.05) is 159 Å². The molecular weight excluding hydrogens is 655 g/mol. The molecule has 0 radical (unpaired) electrons. The summed E-state index contributed by atoms with van der Waals surface area (Å²) in [7, 11) is -4.77. The molecule has 0 rings (SSSR count). The van der Waals surface area contributed by atoms with Crippen LogP contribution >= 0.6 is 7.82 Å². The number of aliphatic hydroxyl groups excluding tert-OH is 1.